The van der Waals surface area contributed by atoms with Crippen LogP contribution in [-0.2, 0) is 22.4 Å². The quantitative estimate of drug-likeness (QED) is 0.518. The minimum Gasteiger partial charge on any atom is -0.394 e. The van der Waals surface area contributed by atoms with E-state index in [4.69, 9.17) is 15.6 Å². The lowest BCUT2D eigenvalue weighted by molar-refractivity contribution is -0.120. The first-order valence-corrected chi connectivity index (χ1v) is 6.73. The van der Waals surface area contributed by atoms with Crippen molar-refractivity contribution in [1.29, 1.82) is 0 Å². The predicted molar refractivity (Wildman–Crippen MR) is 69.5 cm³/mol. The summed E-state index contributed by atoms with van der Waals surface area (Å²) in [5.74, 6) is -0.0767. The zero-order valence-electron chi connectivity index (χ0n) is 10.2. The lowest BCUT2D eigenvalue weighted by Gasteiger charge is -2.04. The van der Waals surface area contributed by atoms with Gasteiger partial charge in [0, 0.05) is 18.3 Å². The molecule has 0 aromatic carbocycles. The van der Waals surface area contributed by atoms with Crippen molar-refractivity contribution < 1.29 is 14.6 Å². The number of nitrogens with zero attached hydrogens (tertiary/aromatic N) is 1. The van der Waals surface area contributed by atoms with Crippen LogP contribution in [0.25, 0.3) is 0 Å². The zero-order valence-corrected chi connectivity index (χ0v) is 11.0. The van der Waals surface area contributed by atoms with Crippen molar-refractivity contribution >= 4 is 17.2 Å². The number of nitrogens with two attached hydrogens (primary N) is 1. The first kappa shape index (κ1) is 15.0. The zero-order chi connectivity index (χ0) is 13.2. The molecule has 0 aliphatic carbocycles. The Morgan fingerprint density at radius 1 is 1.56 bits per heavy atom. The first-order valence-electron chi connectivity index (χ1n) is 5.85. The number of aliphatic hydroxyl groups excluding tert-OH is 1. The molecule has 0 spiro atoms. The highest BCUT2D eigenvalue weighted by Gasteiger charge is 2.06. The minimum atomic E-state index is -0.0767. The molecule has 0 unspecified atom stereocenters. The maximum Gasteiger partial charge on any atom is 0.226 e. The van der Waals surface area contributed by atoms with Crippen molar-refractivity contribution in [3.8, 4) is 0 Å². The van der Waals surface area contributed by atoms with E-state index in [-0.39, 0.29) is 18.9 Å². The Morgan fingerprint density at radius 2 is 2.39 bits per heavy atom. The van der Waals surface area contributed by atoms with E-state index in [0.29, 0.717) is 26.3 Å². The van der Waals surface area contributed by atoms with Crippen LogP contribution >= 0.6 is 11.3 Å². The van der Waals surface area contributed by atoms with E-state index in [1.54, 1.807) is 0 Å². The maximum absolute atomic E-state index is 11.5. The Morgan fingerprint density at radius 3 is 3.11 bits per heavy atom. The smallest absolute Gasteiger partial charge is 0.226 e. The molecular formula is C11H19N3O3S. The average molecular weight is 273 g/mol. The van der Waals surface area contributed by atoms with Gasteiger partial charge in [-0.05, 0) is 6.54 Å². The molecular weight excluding hydrogens is 254 g/mol. The first-order chi connectivity index (χ1) is 8.76. The third-order valence-electron chi connectivity index (χ3n) is 2.10. The second kappa shape index (κ2) is 8.98. The Bertz CT molecular complexity index is 357. The average Bonchev–Trinajstić information content (AvgIpc) is 2.77. The van der Waals surface area contributed by atoms with Crippen molar-refractivity contribution in [2.75, 3.05) is 32.9 Å². The molecule has 1 heterocycles. The number of hydrogen-bond donors (Lipinski definition) is 3. The molecule has 0 aliphatic heterocycles. The highest BCUT2D eigenvalue weighted by atomic mass is 32.1. The van der Waals surface area contributed by atoms with Crippen molar-refractivity contribution in [2.24, 2.45) is 5.73 Å². The highest BCUT2D eigenvalue weighted by Crippen LogP contribution is 2.10. The van der Waals surface area contributed by atoms with E-state index in [1.807, 2.05) is 5.38 Å². The van der Waals surface area contributed by atoms with Crippen LogP contribution in [0.4, 0.5) is 0 Å². The summed E-state index contributed by atoms with van der Waals surface area (Å²) >= 11 is 1.53. The summed E-state index contributed by atoms with van der Waals surface area (Å²) in [4.78, 5) is 15.8. The van der Waals surface area contributed by atoms with Crippen LogP contribution in [0.5, 0.6) is 0 Å². The van der Waals surface area contributed by atoms with Crippen molar-refractivity contribution in [2.45, 2.75) is 12.8 Å². The molecule has 102 valence electrons. The minimum absolute atomic E-state index is 0.00328. The molecule has 0 bridgehead atoms. The van der Waals surface area contributed by atoms with Gasteiger partial charge in [-0.15, -0.1) is 11.3 Å². The van der Waals surface area contributed by atoms with E-state index < -0.39 is 0 Å². The Kier molecular flexibility index (Phi) is 7.51. The van der Waals surface area contributed by atoms with Gasteiger partial charge in [-0.2, -0.15) is 0 Å². The number of aliphatic hydroxyl groups is 1. The van der Waals surface area contributed by atoms with Crippen LogP contribution in [0.2, 0.25) is 0 Å². The maximum atomic E-state index is 11.5. The normalized spacial score (nSPS) is 10.6. The Labute approximate surface area is 110 Å². The number of hydrogen-bond acceptors (Lipinski definition) is 6. The van der Waals surface area contributed by atoms with Crippen LogP contribution in [0.15, 0.2) is 5.38 Å². The number of thiazole rings is 1. The molecule has 1 aromatic rings. The summed E-state index contributed by atoms with van der Waals surface area (Å²) in [6.45, 7) is 1.71. The number of aromatic nitrogens is 1. The number of carbonyl (C=O) groups is 1. The number of amides is 1. The number of ether oxygens (including phenoxy) is 1. The van der Waals surface area contributed by atoms with Gasteiger partial charge in [-0.1, -0.05) is 0 Å². The van der Waals surface area contributed by atoms with Gasteiger partial charge >= 0.3 is 0 Å². The second-order valence-corrected chi connectivity index (χ2v) is 4.58. The third kappa shape index (κ3) is 6.06. The molecule has 0 saturated carbocycles. The van der Waals surface area contributed by atoms with Gasteiger partial charge in [-0.25, -0.2) is 4.98 Å². The van der Waals surface area contributed by atoms with Crippen molar-refractivity contribution in [3.63, 3.8) is 0 Å². The second-order valence-electron chi connectivity index (χ2n) is 3.63. The molecule has 4 N–H and O–H groups in total. The third-order valence-corrected chi connectivity index (χ3v) is 3.06. The molecule has 0 fully saturated rings. The van der Waals surface area contributed by atoms with Crippen molar-refractivity contribution in [3.05, 3.63) is 16.1 Å². The SMILES string of the molecule is NCCc1nc(CC(=O)NCCOCCO)cs1. The van der Waals surface area contributed by atoms with Gasteiger partial charge in [0.15, 0.2) is 0 Å². The topological polar surface area (TPSA) is 97.5 Å². The van der Waals surface area contributed by atoms with Gasteiger partial charge < -0.3 is 20.9 Å². The lowest BCUT2D eigenvalue weighted by Crippen LogP contribution is -2.29. The van der Waals surface area contributed by atoms with E-state index in [2.05, 4.69) is 10.3 Å². The molecule has 0 aliphatic rings. The van der Waals surface area contributed by atoms with E-state index in [9.17, 15) is 4.79 Å². The van der Waals surface area contributed by atoms with Gasteiger partial charge in [0.05, 0.1) is 36.9 Å². The van der Waals surface area contributed by atoms with Gasteiger partial charge in [-0.3, -0.25) is 4.79 Å². The largest absolute Gasteiger partial charge is 0.394 e. The van der Waals surface area contributed by atoms with Crippen LogP contribution in [0, 0.1) is 0 Å². The molecule has 6 nitrogen and oxygen atoms in total. The van der Waals surface area contributed by atoms with Crippen LogP contribution in [0.1, 0.15) is 10.7 Å². The molecule has 0 atom stereocenters. The highest BCUT2D eigenvalue weighted by molar-refractivity contribution is 7.09. The molecule has 1 aromatic heterocycles. The van der Waals surface area contributed by atoms with Gasteiger partial charge in [0.2, 0.25) is 5.91 Å². The number of nitrogens with one attached hydrogen (secondary N) is 1. The summed E-state index contributed by atoms with van der Waals surface area (Å²) in [5, 5.41) is 14.1. The summed E-state index contributed by atoms with van der Waals surface area (Å²) in [6, 6.07) is 0. The molecule has 0 saturated heterocycles. The fourth-order valence-corrected chi connectivity index (χ4v) is 2.14. The number of rotatable bonds is 9. The monoisotopic (exact) mass is 273 g/mol. The molecule has 1 rings (SSSR count). The van der Waals surface area contributed by atoms with Gasteiger partial charge in [0.25, 0.3) is 0 Å². The lowest BCUT2D eigenvalue weighted by atomic mass is 10.3. The van der Waals surface area contributed by atoms with Crippen LogP contribution < -0.4 is 11.1 Å². The molecule has 1 amide bonds. The molecule has 7 heteroatoms. The Hall–Kier alpha value is -1.02. The van der Waals surface area contributed by atoms with Gasteiger partial charge in [0.1, 0.15) is 0 Å². The summed E-state index contributed by atoms with van der Waals surface area (Å²) in [5.41, 5.74) is 6.21. The van der Waals surface area contributed by atoms with Crippen LogP contribution in [0.3, 0.4) is 0 Å². The fraction of sp³-hybridized carbons (Fsp3) is 0.636. The van der Waals surface area contributed by atoms with E-state index >= 15 is 0 Å². The fourth-order valence-electron chi connectivity index (χ4n) is 1.32. The van der Waals surface area contributed by atoms with Crippen molar-refractivity contribution in [1.82, 2.24) is 10.3 Å². The van der Waals surface area contributed by atoms with Crippen LogP contribution in [-0.4, -0.2) is 48.9 Å². The summed E-state index contributed by atoms with van der Waals surface area (Å²) in [7, 11) is 0. The van der Waals surface area contributed by atoms with E-state index in [1.165, 1.54) is 11.3 Å². The molecule has 18 heavy (non-hydrogen) atoms. The summed E-state index contributed by atoms with van der Waals surface area (Å²) in [6.07, 6.45) is 1.03. The summed E-state index contributed by atoms with van der Waals surface area (Å²) < 4.78 is 5.03. The Balaban J connectivity index is 2.18. The predicted octanol–water partition coefficient (Wildman–Crippen LogP) is -0.688. The number of carbonyl (C=O) groups excluding carboxylic acids is 1. The molecule has 0 radical (unpaired) electrons. The van der Waals surface area contributed by atoms with E-state index in [0.717, 1.165) is 17.1 Å². The standard InChI is InChI=1S/C11H19N3O3S/c12-2-1-11-14-9(8-18-11)7-10(16)13-3-5-17-6-4-15/h8,15H,1-7,12H2,(H,13,16).